The molecule has 39 heavy (non-hydrogen) atoms. The van der Waals surface area contributed by atoms with E-state index in [0.717, 1.165) is 66.6 Å². The molecule has 0 saturated carbocycles. The Kier molecular flexibility index (Phi) is 8.05. The minimum Gasteiger partial charge on any atom is -0.368 e. The molecule has 202 valence electrons. The number of benzene rings is 1. The lowest BCUT2D eigenvalue weighted by Gasteiger charge is -2.42. The van der Waals surface area contributed by atoms with Crippen molar-refractivity contribution in [3.05, 3.63) is 84.8 Å². The number of nitrogens with zero attached hydrogens (tertiary/aromatic N) is 5. The molecule has 0 aliphatic carbocycles. The monoisotopic (exact) mass is 520 g/mol. The van der Waals surface area contributed by atoms with Crippen molar-refractivity contribution in [2.45, 2.75) is 52.7 Å². The summed E-state index contributed by atoms with van der Waals surface area (Å²) in [4.78, 5) is 19.1. The zero-order chi connectivity index (χ0) is 27.4. The van der Waals surface area contributed by atoms with Crippen molar-refractivity contribution in [3.8, 4) is 33.6 Å². The highest BCUT2D eigenvalue weighted by molar-refractivity contribution is 5.76. The Balaban J connectivity index is 1.39. The van der Waals surface area contributed by atoms with Gasteiger partial charge in [0.25, 0.3) is 0 Å². The number of anilines is 1. The Morgan fingerprint density at radius 1 is 0.795 bits per heavy atom. The van der Waals surface area contributed by atoms with Crippen LogP contribution >= 0.6 is 0 Å². The summed E-state index contributed by atoms with van der Waals surface area (Å²) < 4.78 is 0. The van der Waals surface area contributed by atoms with E-state index < -0.39 is 0 Å². The van der Waals surface area contributed by atoms with Gasteiger partial charge < -0.3 is 5.32 Å². The van der Waals surface area contributed by atoms with Crippen molar-refractivity contribution >= 4 is 5.82 Å². The van der Waals surface area contributed by atoms with E-state index in [-0.39, 0.29) is 11.6 Å². The van der Waals surface area contributed by atoms with E-state index in [4.69, 9.17) is 4.98 Å². The van der Waals surface area contributed by atoms with Crippen molar-refractivity contribution in [3.63, 3.8) is 0 Å². The van der Waals surface area contributed by atoms with E-state index in [9.17, 15) is 0 Å². The second kappa shape index (κ2) is 11.6. The summed E-state index contributed by atoms with van der Waals surface area (Å²) in [5, 5.41) is 3.46. The summed E-state index contributed by atoms with van der Waals surface area (Å²) >= 11 is 0. The van der Waals surface area contributed by atoms with Gasteiger partial charge in [-0.25, -0.2) is 4.98 Å². The third kappa shape index (κ3) is 6.88. The molecule has 0 bridgehead atoms. The van der Waals surface area contributed by atoms with Crippen molar-refractivity contribution in [2.24, 2.45) is 0 Å². The lowest BCUT2D eigenvalue weighted by atomic mass is 10.00. The fourth-order valence-electron chi connectivity index (χ4n) is 5.15. The van der Waals surface area contributed by atoms with E-state index in [2.05, 4.69) is 102 Å². The molecule has 0 spiro atoms. The first-order valence-electron chi connectivity index (χ1n) is 14.0. The summed E-state index contributed by atoms with van der Waals surface area (Å²) in [5.74, 6) is 0.835. The zero-order valence-corrected chi connectivity index (χ0v) is 23.9. The molecule has 6 heteroatoms. The summed E-state index contributed by atoms with van der Waals surface area (Å²) in [6, 6.07) is 21.5. The first kappa shape index (κ1) is 27.0. The van der Waals surface area contributed by atoms with Gasteiger partial charge in [0.2, 0.25) is 0 Å². The second-order valence-corrected chi connectivity index (χ2v) is 11.7. The zero-order valence-electron chi connectivity index (χ0n) is 23.9. The lowest BCUT2D eigenvalue weighted by molar-refractivity contribution is 0.0591. The molecule has 1 fully saturated rings. The number of pyridine rings is 3. The van der Waals surface area contributed by atoms with Crippen molar-refractivity contribution < 1.29 is 0 Å². The van der Waals surface area contributed by atoms with Gasteiger partial charge >= 0.3 is 0 Å². The van der Waals surface area contributed by atoms with Crippen LogP contribution in [0.1, 0.15) is 40.2 Å². The molecule has 4 aromatic rings. The lowest BCUT2D eigenvalue weighted by Crippen LogP contribution is -2.53. The van der Waals surface area contributed by atoms with Gasteiger partial charge in [-0.3, -0.25) is 19.8 Å². The first-order chi connectivity index (χ1) is 18.7. The molecule has 3 aromatic heterocycles. The van der Waals surface area contributed by atoms with Crippen molar-refractivity contribution in [1.29, 1.82) is 0 Å². The number of rotatable bonds is 7. The topological polar surface area (TPSA) is 57.2 Å². The smallest absolute Gasteiger partial charge is 0.127 e. The van der Waals surface area contributed by atoms with Gasteiger partial charge in [0, 0.05) is 74.0 Å². The van der Waals surface area contributed by atoms with Gasteiger partial charge in [0.05, 0.1) is 11.4 Å². The first-order valence-corrected chi connectivity index (χ1v) is 14.0. The molecule has 1 saturated heterocycles. The molecule has 1 aliphatic rings. The Morgan fingerprint density at radius 3 is 2.26 bits per heavy atom. The normalized spacial score (nSPS) is 15.0. The number of aromatic nitrogens is 3. The molecule has 6 nitrogen and oxygen atoms in total. The number of nitrogens with one attached hydrogen (secondary N) is 1. The van der Waals surface area contributed by atoms with Gasteiger partial charge in [-0.1, -0.05) is 24.3 Å². The van der Waals surface area contributed by atoms with E-state index in [1.807, 2.05) is 30.6 Å². The minimum atomic E-state index is 0.239. The maximum absolute atomic E-state index is 4.83. The molecule has 0 amide bonds. The Morgan fingerprint density at radius 2 is 1.56 bits per heavy atom. The highest BCUT2D eigenvalue weighted by Gasteiger charge is 2.25. The minimum absolute atomic E-state index is 0.239. The molecule has 4 heterocycles. The SMILES string of the molecule is CC(C)Nc1cc(-c2cncc(-c3cccc(CN4CCN(C(C)(C)C)CC4)c3)c2)cc(-c2ccccn2)n1. The fraction of sp³-hybridized carbons (Fsp3) is 0.364. The molecule has 5 rings (SSSR count). The average molecular weight is 521 g/mol. The van der Waals surface area contributed by atoms with Gasteiger partial charge in [-0.15, -0.1) is 0 Å². The molecule has 1 aliphatic heterocycles. The Labute approximate surface area is 233 Å². The van der Waals surface area contributed by atoms with Crippen LogP contribution in [-0.2, 0) is 6.54 Å². The quantitative estimate of drug-likeness (QED) is 0.296. The van der Waals surface area contributed by atoms with E-state index in [0.29, 0.717) is 0 Å². The molecule has 0 radical (unpaired) electrons. The number of piperazine rings is 1. The highest BCUT2D eigenvalue weighted by Crippen LogP contribution is 2.30. The van der Waals surface area contributed by atoms with Crippen LogP contribution in [0.3, 0.4) is 0 Å². The largest absolute Gasteiger partial charge is 0.368 e. The number of hydrogen-bond donors (Lipinski definition) is 1. The van der Waals surface area contributed by atoms with E-state index >= 15 is 0 Å². The third-order valence-electron chi connectivity index (χ3n) is 7.25. The summed E-state index contributed by atoms with van der Waals surface area (Å²) in [6.45, 7) is 16.6. The summed E-state index contributed by atoms with van der Waals surface area (Å²) in [6.07, 6.45) is 5.69. The summed E-state index contributed by atoms with van der Waals surface area (Å²) in [7, 11) is 0. The summed E-state index contributed by atoms with van der Waals surface area (Å²) in [5.41, 5.74) is 7.70. The van der Waals surface area contributed by atoms with Crippen LogP contribution in [0.4, 0.5) is 5.82 Å². The molecule has 1 aromatic carbocycles. The number of hydrogen-bond acceptors (Lipinski definition) is 6. The van der Waals surface area contributed by atoms with Gasteiger partial charge in [0.1, 0.15) is 5.82 Å². The van der Waals surface area contributed by atoms with Crippen LogP contribution in [0.2, 0.25) is 0 Å². The third-order valence-corrected chi connectivity index (χ3v) is 7.25. The molecular weight excluding hydrogens is 480 g/mol. The maximum Gasteiger partial charge on any atom is 0.127 e. The maximum atomic E-state index is 4.83. The van der Waals surface area contributed by atoms with Gasteiger partial charge in [-0.05, 0) is 87.7 Å². The van der Waals surface area contributed by atoms with Crippen LogP contribution in [0, 0.1) is 0 Å². The van der Waals surface area contributed by atoms with Crippen LogP contribution in [0.15, 0.2) is 79.3 Å². The predicted molar refractivity (Wildman–Crippen MR) is 161 cm³/mol. The van der Waals surface area contributed by atoms with Crippen LogP contribution in [0.5, 0.6) is 0 Å². The Hall–Kier alpha value is -3.61. The van der Waals surface area contributed by atoms with Gasteiger partial charge in [-0.2, -0.15) is 0 Å². The van der Waals surface area contributed by atoms with Crippen molar-refractivity contribution in [1.82, 2.24) is 24.8 Å². The standard InChI is InChI=1S/C33H40N6/c1-24(2)36-32-20-27(19-31(37-32)30-11-6-7-12-35-30)29-18-28(21-34-22-29)26-10-8-9-25(17-26)23-38-13-15-39(16-14-38)33(3,4)5/h6-12,17-22,24H,13-16,23H2,1-5H3,(H,36,37). The van der Waals surface area contributed by atoms with Crippen LogP contribution in [-0.4, -0.2) is 62.5 Å². The second-order valence-electron chi connectivity index (χ2n) is 11.7. The molecule has 1 N–H and O–H groups in total. The van der Waals surface area contributed by atoms with E-state index in [1.54, 1.807) is 6.20 Å². The predicted octanol–water partition coefficient (Wildman–Crippen LogP) is 6.61. The van der Waals surface area contributed by atoms with Gasteiger partial charge in [0.15, 0.2) is 0 Å². The van der Waals surface area contributed by atoms with Crippen molar-refractivity contribution in [2.75, 3.05) is 31.5 Å². The van der Waals surface area contributed by atoms with Crippen LogP contribution < -0.4 is 5.32 Å². The van der Waals surface area contributed by atoms with Crippen LogP contribution in [0.25, 0.3) is 33.6 Å². The van der Waals surface area contributed by atoms with E-state index in [1.165, 1.54) is 11.1 Å². The molecule has 0 atom stereocenters. The average Bonchev–Trinajstić information content (AvgIpc) is 2.93. The Bertz CT molecular complexity index is 1380. The molecular formula is C33H40N6. The molecule has 0 unspecified atom stereocenters. The fourth-order valence-corrected chi connectivity index (χ4v) is 5.15. The highest BCUT2D eigenvalue weighted by atomic mass is 15.3.